The van der Waals surface area contributed by atoms with E-state index in [1.54, 1.807) is 6.08 Å². The molecule has 1 aromatic rings. The summed E-state index contributed by atoms with van der Waals surface area (Å²) < 4.78 is 27.2. The van der Waals surface area contributed by atoms with Crippen molar-refractivity contribution in [1.82, 2.24) is 0 Å². The molecule has 1 aromatic carbocycles. The zero-order valence-corrected chi connectivity index (χ0v) is 8.51. The van der Waals surface area contributed by atoms with Gasteiger partial charge in [-0.2, -0.15) is 4.39 Å². The Morgan fingerprint density at radius 2 is 2.18 bits per heavy atom. The van der Waals surface area contributed by atoms with Gasteiger partial charge < -0.3 is 4.90 Å². The van der Waals surface area contributed by atoms with Gasteiger partial charge in [0.05, 0.1) is 11.3 Å². The van der Waals surface area contributed by atoms with Crippen molar-refractivity contribution in [3.8, 4) is 0 Å². The molecule has 0 unspecified atom stereocenters. The fourth-order valence-electron chi connectivity index (χ4n) is 1.47. The van der Waals surface area contributed by atoms with Crippen LogP contribution in [0.1, 0.15) is 0 Å². The Morgan fingerprint density at radius 3 is 2.76 bits per heavy atom. The number of nitro groups is 1. The summed E-state index contributed by atoms with van der Waals surface area (Å²) in [6.07, 6.45) is 4.27. The molecule has 0 fully saturated rings. The maximum Gasteiger partial charge on any atom is 0.307 e. The van der Waals surface area contributed by atoms with E-state index in [2.05, 4.69) is 4.99 Å². The minimum absolute atomic E-state index is 0.207. The first-order valence-corrected chi connectivity index (χ1v) is 4.68. The number of anilines is 1. The van der Waals surface area contributed by atoms with E-state index in [-0.39, 0.29) is 6.54 Å². The molecule has 2 rings (SSSR count). The van der Waals surface area contributed by atoms with Crippen molar-refractivity contribution in [2.45, 2.75) is 0 Å². The Morgan fingerprint density at radius 1 is 1.41 bits per heavy atom. The Bertz CT molecular complexity index is 529. The Hall–Kier alpha value is -2.31. The molecule has 0 bridgehead atoms. The van der Waals surface area contributed by atoms with Gasteiger partial charge in [0.25, 0.3) is 0 Å². The minimum Gasteiger partial charge on any atom is -0.323 e. The zero-order valence-electron chi connectivity index (χ0n) is 8.51. The number of halogens is 2. The van der Waals surface area contributed by atoms with Crippen molar-refractivity contribution >= 4 is 17.7 Å². The molecule has 0 saturated heterocycles. The number of hydrogen-bond acceptors (Lipinski definition) is 4. The molecule has 17 heavy (non-hydrogen) atoms. The van der Waals surface area contributed by atoms with E-state index in [0.29, 0.717) is 0 Å². The van der Waals surface area contributed by atoms with Gasteiger partial charge in [-0.05, 0) is 12.1 Å². The fraction of sp³-hybridized carbons (Fsp3) is 0.100. The van der Waals surface area contributed by atoms with Gasteiger partial charge in [0.15, 0.2) is 0 Å². The van der Waals surface area contributed by atoms with Crippen LogP contribution in [0.15, 0.2) is 29.4 Å². The molecule has 0 aromatic heterocycles. The van der Waals surface area contributed by atoms with Crippen LogP contribution in [0.3, 0.4) is 0 Å². The summed E-state index contributed by atoms with van der Waals surface area (Å²) in [7, 11) is 0. The standard InChI is InChI=1S/C10H7F2N3O2/c11-7-2-3-8(15(16)17)9(12)10(7)14-5-1-4-13-6-14/h1-4,6H,5H2. The second-order valence-electron chi connectivity index (χ2n) is 3.29. The molecule has 0 amide bonds. The summed E-state index contributed by atoms with van der Waals surface area (Å²) in [5, 5.41) is 10.5. The largest absolute Gasteiger partial charge is 0.323 e. The van der Waals surface area contributed by atoms with Crippen LogP contribution in [0, 0.1) is 21.7 Å². The van der Waals surface area contributed by atoms with Crippen molar-refractivity contribution in [2.24, 2.45) is 4.99 Å². The third-order valence-electron chi connectivity index (χ3n) is 2.23. The molecule has 88 valence electrons. The van der Waals surface area contributed by atoms with Crippen LogP contribution in [0.5, 0.6) is 0 Å². The molecule has 0 saturated carbocycles. The summed E-state index contributed by atoms with van der Waals surface area (Å²) in [6.45, 7) is 0.207. The van der Waals surface area contributed by atoms with Crippen LogP contribution >= 0.6 is 0 Å². The molecular formula is C10H7F2N3O2. The van der Waals surface area contributed by atoms with Crippen LogP contribution in [-0.2, 0) is 0 Å². The van der Waals surface area contributed by atoms with E-state index in [4.69, 9.17) is 0 Å². The lowest BCUT2D eigenvalue weighted by Gasteiger charge is -2.20. The monoisotopic (exact) mass is 239 g/mol. The predicted octanol–water partition coefficient (Wildman–Crippen LogP) is 2.24. The SMILES string of the molecule is O=[N+]([O-])c1ccc(F)c(N2C=NC=CC2)c1F. The van der Waals surface area contributed by atoms with Crippen molar-refractivity contribution in [2.75, 3.05) is 11.4 Å². The molecule has 0 aliphatic carbocycles. The number of hydrogen-bond donors (Lipinski definition) is 0. The van der Waals surface area contributed by atoms with E-state index < -0.39 is 27.9 Å². The molecule has 1 aliphatic rings. The average molecular weight is 239 g/mol. The van der Waals surface area contributed by atoms with E-state index in [0.717, 1.165) is 17.0 Å². The second-order valence-corrected chi connectivity index (χ2v) is 3.29. The number of rotatable bonds is 2. The van der Waals surface area contributed by atoms with E-state index in [1.807, 2.05) is 0 Å². The van der Waals surface area contributed by atoms with Crippen molar-refractivity contribution in [3.05, 3.63) is 46.2 Å². The lowest BCUT2D eigenvalue weighted by Crippen LogP contribution is -2.25. The lowest BCUT2D eigenvalue weighted by atomic mass is 10.2. The number of nitrogens with zero attached hydrogens (tertiary/aromatic N) is 3. The first kappa shape index (κ1) is 11.2. The number of nitro benzene ring substituents is 1. The number of aliphatic imine (C=N–C) groups is 1. The van der Waals surface area contributed by atoms with Crippen LogP contribution in [0.25, 0.3) is 0 Å². The van der Waals surface area contributed by atoms with Gasteiger partial charge in [-0.1, -0.05) is 0 Å². The highest BCUT2D eigenvalue weighted by Gasteiger charge is 2.24. The highest BCUT2D eigenvalue weighted by Crippen LogP contribution is 2.30. The van der Waals surface area contributed by atoms with E-state index in [1.165, 1.54) is 12.5 Å². The first-order chi connectivity index (χ1) is 8.11. The summed E-state index contributed by atoms with van der Waals surface area (Å²) >= 11 is 0. The molecule has 0 N–H and O–H groups in total. The van der Waals surface area contributed by atoms with Gasteiger partial charge in [0.1, 0.15) is 11.5 Å². The van der Waals surface area contributed by atoms with Crippen LogP contribution < -0.4 is 4.90 Å². The topological polar surface area (TPSA) is 58.7 Å². The summed E-state index contributed by atoms with van der Waals surface area (Å²) in [6, 6.07) is 1.66. The smallest absolute Gasteiger partial charge is 0.307 e. The van der Waals surface area contributed by atoms with Crippen molar-refractivity contribution in [1.29, 1.82) is 0 Å². The Kier molecular flexibility index (Phi) is 2.82. The quantitative estimate of drug-likeness (QED) is 0.587. The molecular weight excluding hydrogens is 232 g/mol. The molecule has 0 spiro atoms. The number of benzene rings is 1. The molecule has 7 heteroatoms. The van der Waals surface area contributed by atoms with E-state index in [9.17, 15) is 18.9 Å². The maximum absolute atomic E-state index is 13.8. The van der Waals surface area contributed by atoms with Crippen molar-refractivity contribution in [3.63, 3.8) is 0 Å². The third-order valence-corrected chi connectivity index (χ3v) is 2.23. The molecule has 1 heterocycles. The van der Waals surface area contributed by atoms with Gasteiger partial charge in [0.2, 0.25) is 5.82 Å². The summed E-state index contributed by atoms with van der Waals surface area (Å²) in [5.74, 6) is -2.06. The summed E-state index contributed by atoms with van der Waals surface area (Å²) in [4.78, 5) is 14.5. The fourth-order valence-corrected chi connectivity index (χ4v) is 1.47. The zero-order chi connectivity index (χ0) is 12.4. The van der Waals surface area contributed by atoms with Crippen LogP contribution in [0.4, 0.5) is 20.2 Å². The highest BCUT2D eigenvalue weighted by atomic mass is 19.1. The Labute approximate surface area is 94.8 Å². The van der Waals surface area contributed by atoms with Gasteiger partial charge in [-0.3, -0.25) is 10.1 Å². The first-order valence-electron chi connectivity index (χ1n) is 4.68. The Balaban J connectivity index is 2.52. The van der Waals surface area contributed by atoms with Gasteiger partial charge in [0, 0.05) is 18.8 Å². The molecule has 5 nitrogen and oxygen atoms in total. The molecule has 1 aliphatic heterocycles. The van der Waals surface area contributed by atoms with E-state index >= 15 is 0 Å². The van der Waals surface area contributed by atoms with Gasteiger partial charge in [-0.15, -0.1) is 0 Å². The van der Waals surface area contributed by atoms with Crippen LogP contribution in [-0.4, -0.2) is 17.8 Å². The third kappa shape index (κ3) is 1.99. The normalized spacial score (nSPS) is 14.1. The molecule has 0 radical (unpaired) electrons. The molecule has 0 atom stereocenters. The lowest BCUT2D eigenvalue weighted by molar-refractivity contribution is -0.387. The summed E-state index contributed by atoms with van der Waals surface area (Å²) in [5.41, 5.74) is -1.23. The van der Waals surface area contributed by atoms with Crippen molar-refractivity contribution < 1.29 is 13.7 Å². The van der Waals surface area contributed by atoms with Gasteiger partial charge >= 0.3 is 5.69 Å². The maximum atomic E-state index is 13.8. The second kappa shape index (κ2) is 4.28. The average Bonchev–Trinajstić information content (AvgIpc) is 2.30. The van der Waals surface area contributed by atoms with Gasteiger partial charge in [-0.25, -0.2) is 9.38 Å². The predicted molar refractivity (Wildman–Crippen MR) is 58.0 cm³/mol. The highest BCUT2D eigenvalue weighted by molar-refractivity contribution is 5.82. The van der Waals surface area contributed by atoms with Crippen LogP contribution in [0.2, 0.25) is 0 Å². The minimum atomic E-state index is -1.20.